The number of carboxylic acid groups (broad SMARTS) is 1. The van der Waals surface area contributed by atoms with E-state index in [0.717, 1.165) is 15.9 Å². The molecule has 0 aliphatic rings. The predicted molar refractivity (Wildman–Crippen MR) is 65.0 cm³/mol. The highest BCUT2D eigenvalue weighted by Crippen LogP contribution is 2.27. The van der Waals surface area contributed by atoms with Gasteiger partial charge in [-0.3, -0.25) is 0 Å². The van der Waals surface area contributed by atoms with Gasteiger partial charge in [0.15, 0.2) is 0 Å². The minimum atomic E-state index is -0.990. The van der Waals surface area contributed by atoms with Crippen molar-refractivity contribution in [2.45, 2.75) is 19.4 Å². The van der Waals surface area contributed by atoms with Crippen LogP contribution >= 0.6 is 11.3 Å². The van der Waals surface area contributed by atoms with E-state index >= 15 is 0 Å². The predicted octanol–water partition coefficient (Wildman–Crippen LogP) is 2.57. The summed E-state index contributed by atoms with van der Waals surface area (Å²) in [6, 6.07) is 3.73. The normalized spacial score (nSPS) is 11.6. The van der Waals surface area contributed by atoms with E-state index in [9.17, 15) is 4.79 Å². The van der Waals surface area contributed by atoms with Gasteiger partial charge in [-0.25, -0.2) is 9.78 Å². The molecule has 5 heteroatoms. The molecule has 4 nitrogen and oxygen atoms in total. The van der Waals surface area contributed by atoms with E-state index in [1.54, 1.807) is 26.1 Å². The Hall–Kier alpha value is -1.62. The zero-order valence-corrected chi connectivity index (χ0v) is 9.84. The first-order chi connectivity index (χ1) is 7.50. The number of hydrogen-bond donors (Lipinski definition) is 2. The van der Waals surface area contributed by atoms with Gasteiger partial charge in [0.05, 0.1) is 0 Å². The summed E-state index contributed by atoms with van der Waals surface area (Å²) in [5, 5.41) is 15.0. The molecule has 0 saturated carbocycles. The number of thiophene rings is 1. The summed E-state index contributed by atoms with van der Waals surface area (Å²) < 4.78 is 0. The van der Waals surface area contributed by atoms with E-state index in [1.165, 1.54) is 11.3 Å². The second-order valence-corrected chi connectivity index (χ2v) is 4.95. The smallest absolute Gasteiger partial charge is 0.328 e. The molecule has 0 fully saturated rings. The Morgan fingerprint density at radius 1 is 1.50 bits per heavy atom. The first-order valence-electron chi connectivity index (χ1n) is 4.84. The van der Waals surface area contributed by atoms with Gasteiger partial charge >= 0.3 is 5.97 Å². The highest BCUT2D eigenvalue weighted by atomic mass is 32.1. The van der Waals surface area contributed by atoms with Crippen LogP contribution in [0.25, 0.3) is 10.2 Å². The highest BCUT2D eigenvalue weighted by molar-refractivity contribution is 7.16. The lowest BCUT2D eigenvalue weighted by Gasteiger charge is -2.22. The van der Waals surface area contributed by atoms with Gasteiger partial charge in [-0.2, -0.15) is 0 Å². The van der Waals surface area contributed by atoms with Crippen LogP contribution < -0.4 is 5.32 Å². The van der Waals surface area contributed by atoms with Crippen molar-refractivity contribution in [3.05, 3.63) is 23.7 Å². The van der Waals surface area contributed by atoms with Crippen molar-refractivity contribution in [3.63, 3.8) is 0 Å². The molecule has 2 aromatic heterocycles. The molecule has 0 aliphatic heterocycles. The fourth-order valence-electron chi connectivity index (χ4n) is 1.37. The van der Waals surface area contributed by atoms with Crippen molar-refractivity contribution in [1.29, 1.82) is 0 Å². The Kier molecular flexibility index (Phi) is 2.55. The van der Waals surface area contributed by atoms with Gasteiger partial charge in [-0.1, -0.05) is 0 Å². The minimum Gasteiger partial charge on any atom is -0.480 e. The number of aromatic nitrogens is 1. The SMILES string of the molecule is CC(C)(Nc1ccnc2sccc12)C(=O)O. The fraction of sp³-hybridized carbons (Fsp3) is 0.273. The molecule has 0 radical (unpaired) electrons. The summed E-state index contributed by atoms with van der Waals surface area (Å²) in [7, 11) is 0. The largest absolute Gasteiger partial charge is 0.480 e. The summed E-state index contributed by atoms with van der Waals surface area (Å²) in [6.07, 6.45) is 1.68. The van der Waals surface area contributed by atoms with E-state index < -0.39 is 11.5 Å². The molecule has 16 heavy (non-hydrogen) atoms. The number of nitrogens with zero attached hydrogens (tertiary/aromatic N) is 1. The molecule has 0 spiro atoms. The van der Waals surface area contributed by atoms with Crippen LogP contribution in [0.5, 0.6) is 0 Å². The second-order valence-electron chi connectivity index (χ2n) is 4.05. The van der Waals surface area contributed by atoms with Crippen LogP contribution in [-0.4, -0.2) is 21.6 Å². The summed E-state index contributed by atoms with van der Waals surface area (Å²) in [6.45, 7) is 3.27. The van der Waals surface area contributed by atoms with Crippen LogP contribution in [0.2, 0.25) is 0 Å². The quantitative estimate of drug-likeness (QED) is 0.859. The van der Waals surface area contributed by atoms with E-state index in [-0.39, 0.29) is 0 Å². The third kappa shape index (κ3) is 1.86. The maximum absolute atomic E-state index is 11.0. The third-order valence-electron chi connectivity index (χ3n) is 2.35. The van der Waals surface area contributed by atoms with Crippen LogP contribution in [0.15, 0.2) is 23.7 Å². The Morgan fingerprint density at radius 2 is 2.25 bits per heavy atom. The van der Waals surface area contributed by atoms with Crippen molar-refractivity contribution >= 4 is 33.2 Å². The molecule has 2 aromatic rings. The number of hydrogen-bond acceptors (Lipinski definition) is 4. The Balaban J connectivity index is 2.41. The molecule has 2 N–H and O–H groups in total. The van der Waals surface area contributed by atoms with Gasteiger partial charge in [0.1, 0.15) is 10.4 Å². The number of pyridine rings is 1. The minimum absolute atomic E-state index is 0.804. The molecule has 2 rings (SSSR count). The number of anilines is 1. The Bertz CT molecular complexity index is 534. The number of aliphatic carboxylic acids is 1. The van der Waals surface area contributed by atoms with E-state index in [1.807, 2.05) is 11.4 Å². The van der Waals surface area contributed by atoms with Crippen molar-refractivity contribution in [3.8, 4) is 0 Å². The number of carboxylic acids is 1. The maximum atomic E-state index is 11.0. The Labute approximate surface area is 96.9 Å². The van der Waals surface area contributed by atoms with Crippen LogP contribution in [-0.2, 0) is 4.79 Å². The molecule has 0 saturated heterocycles. The van der Waals surface area contributed by atoms with E-state index in [0.29, 0.717) is 0 Å². The van der Waals surface area contributed by atoms with Gasteiger partial charge in [0.25, 0.3) is 0 Å². The van der Waals surface area contributed by atoms with Gasteiger partial charge in [0.2, 0.25) is 0 Å². The van der Waals surface area contributed by atoms with Gasteiger partial charge < -0.3 is 10.4 Å². The van der Waals surface area contributed by atoms with Crippen LogP contribution in [0, 0.1) is 0 Å². The molecule has 0 aliphatic carbocycles. The van der Waals surface area contributed by atoms with Crippen LogP contribution in [0.1, 0.15) is 13.8 Å². The van der Waals surface area contributed by atoms with Crippen molar-refractivity contribution < 1.29 is 9.90 Å². The molecule has 0 unspecified atom stereocenters. The molecule has 0 bridgehead atoms. The average Bonchev–Trinajstić information content (AvgIpc) is 2.65. The number of carbonyl (C=O) groups is 1. The summed E-state index contributed by atoms with van der Waals surface area (Å²) in [4.78, 5) is 16.1. The highest BCUT2D eigenvalue weighted by Gasteiger charge is 2.27. The van der Waals surface area contributed by atoms with Crippen molar-refractivity contribution in [1.82, 2.24) is 4.98 Å². The van der Waals surface area contributed by atoms with E-state index in [4.69, 9.17) is 5.11 Å². The standard InChI is InChI=1S/C11H12N2O2S/c1-11(2,10(14)15)13-8-3-5-12-9-7(8)4-6-16-9/h3-6H,1-2H3,(H,12,13)(H,14,15). The van der Waals surface area contributed by atoms with E-state index in [2.05, 4.69) is 10.3 Å². The average molecular weight is 236 g/mol. The van der Waals surface area contributed by atoms with Crippen LogP contribution in [0.4, 0.5) is 5.69 Å². The molecule has 2 heterocycles. The van der Waals surface area contributed by atoms with Gasteiger partial charge in [-0.15, -0.1) is 11.3 Å². The maximum Gasteiger partial charge on any atom is 0.328 e. The Morgan fingerprint density at radius 3 is 2.94 bits per heavy atom. The monoisotopic (exact) mass is 236 g/mol. The zero-order valence-electron chi connectivity index (χ0n) is 9.02. The van der Waals surface area contributed by atoms with Gasteiger partial charge in [0, 0.05) is 17.3 Å². The second kappa shape index (κ2) is 3.75. The lowest BCUT2D eigenvalue weighted by atomic mass is 10.1. The van der Waals surface area contributed by atoms with Gasteiger partial charge in [-0.05, 0) is 31.4 Å². The van der Waals surface area contributed by atoms with Crippen LogP contribution in [0.3, 0.4) is 0 Å². The number of rotatable bonds is 3. The third-order valence-corrected chi connectivity index (χ3v) is 3.17. The molecule has 0 atom stereocenters. The number of fused-ring (bicyclic) bond motifs is 1. The zero-order chi connectivity index (χ0) is 11.8. The molecular formula is C11H12N2O2S. The number of nitrogens with one attached hydrogen (secondary N) is 1. The molecule has 0 amide bonds. The lowest BCUT2D eigenvalue weighted by Crippen LogP contribution is -2.39. The first kappa shape index (κ1) is 10.9. The van der Waals surface area contributed by atoms with Crippen molar-refractivity contribution in [2.24, 2.45) is 0 Å². The topological polar surface area (TPSA) is 62.2 Å². The molecule has 84 valence electrons. The molecular weight excluding hydrogens is 224 g/mol. The summed E-state index contributed by atoms with van der Waals surface area (Å²) >= 11 is 1.54. The summed E-state index contributed by atoms with van der Waals surface area (Å²) in [5.41, 5.74) is -0.186. The molecule has 0 aromatic carbocycles. The first-order valence-corrected chi connectivity index (χ1v) is 5.72. The lowest BCUT2D eigenvalue weighted by molar-refractivity contribution is -0.141. The fourth-order valence-corrected chi connectivity index (χ4v) is 2.13. The summed E-state index contributed by atoms with van der Waals surface area (Å²) in [5.74, 6) is -0.882. The van der Waals surface area contributed by atoms with Crippen molar-refractivity contribution in [2.75, 3.05) is 5.32 Å².